The fourth-order valence-electron chi connectivity index (χ4n) is 2.32. The van der Waals surface area contributed by atoms with E-state index in [0.717, 1.165) is 28.6 Å². The van der Waals surface area contributed by atoms with E-state index < -0.39 is 32.2 Å². The Morgan fingerprint density at radius 1 is 0.931 bits per heavy atom. The monoisotopic (exact) mass is 452 g/mol. The van der Waals surface area contributed by atoms with Crippen LogP contribution in [0.2, 0.25) is 0 Å². The molecule has 0 aromatic heterocycles. The molecule has 2 aromatic rings. The Labute approximate surface area is 167 Å². The maximum absolute atomic E-state index is 12.6. The van der Waals surface area contributed by atoms with Crippen molar-refractivity contribution in [3.05, 3.63) is 47.5 Å². The minimum atomic E-state index is -4.90. The smallest absolute Gasteiger partial charge is 0.406 e. The lowest BCUT2D eigenvalue weighted by atomic mass is 10.1. The Morgan fingerprint density at radius 2 is 1.48 bits per heavy atom. The van der Waals surface area contributed by atoms with Crippen molar-refractivity contribution in [2.45, 2.75) is 30.0 Å². The third-order valence-corrected chi connectivity index (χ3v) is 7.21. The molecule has 0 amide bonds. The number of sulfonamides is 2. The third kappa shape index (κ3) is 5.40. The van der Waals surface area contributed by atoms with Crippen LogP contribution >= 0.6 is 0 Å². The molecule has 0 bridgehead atoms. The molecular formula is C17H19F3N2O5S2. The maximum Gasteiger partial charge on any atom is 0.573 e. The largest absolute Gasteiger partial charge is 0.573 e. The number of nitrogens with zero attached hydrogens (tertiary/aromatic N) is 1. The number of hydrogen-bond acceptors (Lipinski definition) is 5. The second-order valence-electron chi connectivity index (χ2n) is 6.32. The van der Waals surface area contributed by atoms with E-state index in [0.29, 0.717) is 11.1 Å². The van der Waals surface area contributed by atoms with E-state index in [4.69, 9.17) is 0 Å². The van der Waals surface area contributed by atoms with Gasteiger partial charge in [0, 0.05) is 14.1 Å². The van der Waals surface area contributed by atoms with Crippen molar-refractivity contribution in [3.8, 4) is 5.75 Å². The van der Waals surface area contributed by atoms with Gasteiger partial charge in [-0.2, -0.15) is 0 Å². The van der Waals surface area contributed by atoms with Crippen LogP contribution in [0.15, 0.2) is 46.2 Å². The first-order chi connectivity index (χ1) is 13.1. The summed E-state index contributed by atoms with van der Waals surface area (Å²) in [6, 6.07) is 6.25. The second kappa shape index (κ2) is 7.84. The van der Waals surface area contributed by atoms with Gasteiger partial charge in [0.15, 0.2) is 0 Å². The van der Waals surface area contributed by atoms with Gasteiger partial charge in [0.25, 0.3) is 10.0 Å². The molecule has 29 heavy (non-hydrogen) atoms. The molecule has 0 aliphatic heterocycles. The normalized spacial score (nSPS) is 12.8. The van der Waals surface area contributed by atoms with Gasteiger partial charge in [0.05, 0.1) is 15.5 Å². The number of alkyl halides is 3. The van der Waals surface area contributed by atoms with Gasteiger partial charge in [-0.15, -0.1) is 13.2 Å². The van der Waals surface area contributed by atoms with Gasteiger partial charge < -0.3 is 4.74 Å². The fraction of sp³-hybridized carbons (Fsp3) is 0.294. The molecule has 2 aromatic carbocycles. The summed E-state index contributed by atoms with van der Waals surface area (Å²) in [6.07, 6.45) is -4.90. The Kier molecular flexibility index (Phi) is 6.21. The highest BCUT2D eigenvalue weighted by atomic mass is 32.2. The summed E-state index contributed by atoms with van der Waals surface area (Å²) in [5.41, 5.74) is 1.09. The van der Waals surface area contributed by atoms with Crippen molar-refractivity contribution < 1.29 is 34.7 Å². The molecule has 0 aliphatic carbocycles. The lowest BCUT2D eigenvalue weighted by Gasteiger charge is -2.17. The van der Waals surface area contributed by atoms with Crippen LogP contribution in [0, 0.1) is 13.8 Å². The summed E-state index contributed by atoms with van der Waals surface area (Å²) in [6.45, 7) is 3.24. The molecule has 0 atom stereocenters. The van der Waals surface area contributed by atoms with Gasteiger partial charge in [0.1, 0.15) is 5.75 Å². The predicted octanol–water partition coefficient (Wildman–Crippen LogP) is 3.25. The molecule has 0 spiro atoms. The zero-order valence-electron chi connectivity index (χ0n) is 15.9. The van der Waals surface area contributed by atoms with Gasteiger partial charge in [-0.1, -0.05) is 0 Å². The van der Waals surface area contributed by atoms with E-state index in [2.05, 4.69) is 9.46 Å². The van der Waals surface area contributed by atoms with E-state index in [1.807, 2.05) is 0 Å². The van der Waals surface area contributed by atoms with Crippen molar-refractivity contribution in [1.82, 2.24) is 4.31 Å². The van der Waals surface area contributed by atoms with Crippen molar-refractivity contribution >= 4 is 25.7 Å². The van der Waals surface area contributed by atoms with E-state index in [-0.39, 0.29) is 15.5 Å². The van der Waals surface area contributed by atoms with Gasteiger partial charge in [0.2, 0.25) is 10.0 Å². The van der Waals surface area contributed by atoms with Crippen LogP contribution in [-0.4, -0.2) is 41.6 Å². The molecule has 160 valence electrons. The number of benzene rings is 2. The van der Waals surface area contributed by atoms with Crippen LogP contribution in [-0.2, 0) is 20.0 Å². The Balaban J connectivity index is 2.41. The first-order valence-electron chi connectivity index (χ1n) is 8.06. The van der Waals surface area contributed by atoms with Crippen LogP contribution in [0.3, 0.4) is 0 Å². The first-order valence-corrected chi connectivity index (χ1v) is 11.0. The lowest BCUT2D eigenvalue weighted by molar-refractivity contribution is -0.274. The van der Waals surface area contributed by atoms with E-state index in [1.54, 1.807) is 13.8 Å². The minimum Gasteiger partial charge on any atom is -0.406 e. The zero-order chi connectivity index (χ0) is 22.2. The molecule has 0 radical (unpaired) electrons. The number of ether oxygens (including phenoxy) is 1. The van der Waals surface area contributed by atoms with Crippen molar-refractivity contribution in [3.63, 3.8) is 0 Å². The van der Waals surface area contributed by atoms with Crippen molar-refractivity contribution in [1.29, 1.82) is 0 Å². The Bertz CT molecular complexity index is 1110. The third-order valence-electron chi connectivity index (χ3n) is 4.03. The maximum atomic E-state index is 12.6. The summed E-state index contributed by atoms with van der Waals surface area (Å²) < 4.78 is 93.7. The number of halogens is 3. The summed E-state index contributed by atoms with van der Waals surface area (Å²) in [7, 11) is -5.30. The molecule has 2 rings (SSSR count). The molecule has 7 nitrogen and oxygen atoms in total. The second-order valence-corrected chi connectivity index (χ2v) is 10.2. The predicted molar refractivity (Wildman–Crippen MR) is 101 cm³/mol. The lowest BCUT2D eigenvalue weighted by Crippen LogP contribution is -2.23. The summed E-state index contributed by atoms with van der Waals surface area (Å²) in [5.74, 6) is -0.567. The Morgan fingerprint density at radius 3 is 1.97 bits per heavy atom. The van der Waals surface area contributed by atoms with Crippen LogP contribution in [0.5, 0.6) is 5.75 Å². The van der Waals surface area contributed by atoms with Crippen molar-refractivity contribution in [2.75, 3.05) is 18.8 Å². The standard InChI is InChI=1S/C17H19F3N2O5S2/c1-11-9-15(29(25,26)22(3)4)10-16(12(11)2)21-28(23,24)14-7-5-13(6-8-14)27-17(18,19)20/h5-10,21H,1-4H3. The summed E-state index contributed by atoms with van der Waals surface area (Å²) in [5, 5.41) is 0. The highest BCUT2D eigenvalue weighted by molar-refractivity contribution is 7.92. The summed E-state index contributed by atoms with van der Waals surface area (Å²) >= 11 is 0. The highest BCUT2D eigenvalue weighted by Crippen LogP contribution is 2.29. The molecule has 1 N–H and O–H groups in total. The van der Waals surface area contributed by atoms with Crippen LogP contribution in [0.25, 0.3) is 0 Å². The van der Waals surface area contributed by atoms with E-state index >= 15 is 0 Å². The Hall–Kier alpha value is -2.31. The molecule has 0 heterocycles. The molecule has 0 saturated heterocycles. The van der Waals surface area contributed by atoms with Gasteiger partial charge in [-0.05, 0) is 61.4 Å². The molecule has 0 saturated carbocycles. The number of aryl methyl sites for hydroxylation is 1. The van der Waals surface area contributed by atoms with Crippen LogP contribution < -0.4 is 9.46 Å². The number of hydrogen-bond donors (Lipinski definition) is 1. The molecule has 0 unspecified atom stereocenters. The molecule has 0 fully saturated rings. The van der Waals surface area contributed by atoms with Crippen LogP contribution in [0.1, 0.15) is 11.1 Å². The zero-order valence-corrected chi connectivity index (χ0v) is 17.5. The first kappa shape index (κ1) is 23.0. The van der Waals surface area contributed by atoms with Crippen LogP contribution in [0.4, 0.5) is 18.9 Å². The topological polar surface area (TPSA) is 92.8 Å². The fourth-order valence-corrected chi connectivity index (χ4v) is 4.44. The number of rotatable bonds is 6. The summed E-state index contributed by atoms with van der Waals surface area (Å²) in [4.78, 5) is -0.415. The number of anilines is 1. The SMILES string of the molecule is Cc1cc(S(=O)(=O)N(C)C)cc(NS(=O)(=O)c2ccc(OC(F)(F)F)cc2)c1C. The van der Waals surface area contributed by atoms with Gasteiger partial charge in [-0.25, -0.2) is 21.1 Å². The minimum absolute atomic E-state index is 0.0426. The van der Waals surface area contributed by atoms with Crippen molar-refractivity contribution in [2.24, 2.45) is 0 Å². The average Bonchev–Trinajstić information content (AvgIpc) is 2.57. The van der Waals surface area contributed by atoms with Gasteiger partial charge in [-0.3, -0.25) is 4.72 Å². The highest BCUT2D eigenvalue weighted by Gasteiger charge is 2.31. The van der Waals surface area contributed by atoms with E-state index in [9.17, 15) is 30.0 Å². The molecular weight excluding hydrogens is 433 g/mol. The molecule has 0 aliphatic rings. The quantitative estimate of drug-likeness (QED) is 0.726. The molecule has 12 heteroatoms. The van der Waals surface area contributed by atoms with E-state index in [1.165, 1.54) is 26.2 Å². The number of nitrogens with one attached hydrogen (secondary N) is 1. The average molecular weight is 452 g/mol. The van der Waals surface area contributed by atoms with Gasteiger partial charge >= 0.3 is 6.36 Å².